The van der Waals surface area contributed by atoms with Crippen molar-refractivity contribution < 1.29 is 15.0 Å². The predicted octanol–water partition coefficient (Wildman–Crippen LogP) is 1.34. The molecule has 0 aromatic heterocycles. The molecule has 3 heteroatoms. The van der Waals surface area contributed by atoms with Crippen molar-refractivity contribution in [3.8, 4) is 0 Å². The van der Waals surface area contributed by atoms with Crippen LogP contribution in [0.3, 0.4) is 0 Å². The summed E-state index contributed by atoms with van der Waals surface area (Å²) in [5.74, 6) is -0.875. The molecule has 0 amide bonds. The summed E-state index contributed by atoms with van der Waals surface area (Å²) in [7, 11) is 0. The topological polar surface area (TPSA) is 57.5 Å². The zero-order valence-electron chi connectivity index (χ0n) is 7.66. The molecule has 3 nitrogen and oxygen atoms in total. The van der Waals surface area contributed by atoms with E-state index in [1.54, 1.807) is 0 Å². The molecule has 1 aliphatic rings. The summed E-state index contributed by atoms with van der Waals surface area (Å²) in [5.41, 5.74) is 0.978. The molecule has 0 aliphatic heterocycles. The third kappa shape index (κ3) is 2.18. The van der Waals surface area contributed by atoms with Gasteiger partial charge in [0, 0.05) is 6.08 Å². The maximum atomic E-state index is 11.2. The zero-order valence-corrected chi connectivity index (χ0v) is 7.66. The van der Waals surface area contributed by atoms with E-state index in [0.717, 1.165) is 11.6 Å². The molecule has 1 rings (SSSR count). The van der Waals surface area contributed by atoms with Crippen LogP contribution < -0.4 is 0 Å². The summed E-state index contributed by atoms with van der Waals surface area (Å²) < 4.78 is 0. The van der Waals surface area contributed by atoms with Crippen molar-refractivity contribution in [2.45, 2.75) is 25.9 Å². The Balaban J connectivity index is 2.53. The molecule has 0 heterocycles. The van der Waals surface area contributed by atoms with Gasteiger partial charge in [0.05, 0.1) is 5.92 Å². The van der Waals surface area contributed by atoms with Gasteiger partial charge in [-0.05, 0) is 19.8 Å². The Labute approximate surface area is 77.4 Å². The van der Waals surface area contributed by atoms with Crippen LogP contribution in [0.25, 0.3) is 0 Å². The summed E-state index contributed by atoms with van der Waals surface area (Å²) in [5, 5.41) is 18.4. The molecular weight excluding hydrogens is 168 g/mol. The minimum atomic E-state index is -1.01. The SMILES string of the molecule is C=C(C)CCC1C(=O)C=C(O)C1O. The van der Waals surface area contributed by atoms with E-state index in [1.165, 1.54) is 0 Å². The highest BCUT2D eigenvalue weighted by molar-refractivity contribution is 5.95. The van der Waals surface area contributed by atoms with Gasteiger partial charge < -0.3 is 10.2 Å². The first-order valence-corrected chi connectivity index (χ1v) is 4.29. The third-order valence-electron chi connectivity index (χ3n) is 2.22. The number of aliphatic hydroxyl groups excluding tert-OH is 2. The molecule has 0 saturated heterocycles. The van der Waals surface area contributed by atoms with Gasteiger partial charge in [-0.1, -0.05) is 5.57 Å². The minimum Gasteiger partial charge on any atom is -0.509 e. The molecule has 0 radical (unpaired) electrons. The molecule has 0 fully saturated rings. The number of carbonyl (C=O) groups is 1. The second kappa shape index (κ2) is 3.75. The summed E-state index contributed by atoms with van der Waals surface area (Å²) in [4.78, 5) is 11.2. The second-order valence-electron chi connectivity index (χ2n) is 3.52. The van der Waals surface area contributed by atoms with Crippen molar-refractivity contribution in [2.24, 2.45) is 5.92 Å². The number of carbonyl (C=O) groups excluding carboxylic acids is 1. The van der Waals surface area contributed by atoms with Crippen LogP contribution >= 0.6 is 0 Å². The summed E-state index contributed by atoms with van der Waals surface area (Å²) in [6, 6.07) is 0. The van der Waals surface area contributed by atoms with E-state index < -0.39 is 12.0 Å². The highest BCUT2D eigenvalue weighted by Crippen LogP contribution is 2.25. The Morgan fingerprint density at radius 3 is 2.69 bits per heavy atom. The number of hydrogen-bond donors (Lipinski definition) is 2. The fourth-order valence-corrected chi connectivity index (χ4v) is 1.40. The van der Waals surface area contributed by atoms with Gasteiger partial charge in [0.25, 0.3) is 0 Å². The van der Waals surface area contributed by atoms with Crippen LogP contribution in [0.4, 0.5) is 0 Å². The van der Waals surface area contributed by atoms with Crippen molar-refractivity contribution in [1.82, 2.24) is 0 Å². The summed E-state index contributed by atoms with van der Waals surface area (Å²) >= 11 is 0. The van der Waals surface area contributed by atoms with Crippen LogP contribution in [-0.4, -0.2) is 22.1 Å². The van der Waals surface area contributed by atoms with Crippen molar-refractivity contribution in [2.75, 3.05) is 0 Å². The monoisotopic (exact) mass is 182 g/mol. The molecule has 1 aliphatic carbocycles. The Morgan fingerprint density at radius 1 is 1.69 bits per heavy atom. The van der Waals surface area contributed by atoms with E-state index in [-0.39, 0.29) is 11.5 Å². The van der Waals surface area contributed by atoms with Crippen molar-refractivity contribution in [3.63, 3.8) is 0 Å². The van der Waals surface area contributed by atoms with Crippen LogP contribution in [0.5, 0.6) is 0 Å². The van der Waals surface area contributed by atoms with E-state index in [9.17, 15) is 9.90 Å². The molecule has 0 bridgehead atoms. The molecule has 0 spiro atoms. The van der Waals surface area contributed by atoms with Crippen molar-refractivity contribution >= 4 is 5.78 Å². The van der Waals surface area contributed by atoms with Gasteiger partial charge in [0.15, 0.2) is 5.78 Å². The average molecular weight is 182 g/mol. The molecule has 0 saturated carbocycles. The molecule has 72 valence electrons. The van der Waals surface area contributed by atoms with E-state index in [2.05, 4.69) is 6.58 Å². The highest BCUT2D eigenvalue weighted by Gasteiger charge is 2.34. The largest absolute Gasteiger partial charge is 0.509 e. The first-order chi connectivity index (χ1) is 6.02. The lowest BCUT2D eigenvalue weighted by atomic mass is 9.95. The smallest absolute Gasteiger partial charge is 0.165 e. The molecule has 2 unspecified atom stereocenters. The minimum absolute atomic E-state index is 0.189. The number of ketones is 1. The predicted molar refractivity (Wildman–Crippen MR) is 49.3 cm³/mol. The highest BCUT2D eigenvalue weighted by atomic mass is 16.3. The number of aliphatic hydroxyl groups is 2. The first-order valence-electron chi connectivity index (χ1n) is 4.29. The number of allylic oxidation sites excluding steroid dienone is 2. The quantitative estimate of drug-likeness (QED) is 0.647. The molecule has 2 N–H and O–H groups in total. The fourth-order valence-electron chi connectivity index (χ4n) is 1.40. The van der Waals surface area contributed by atoms with E-state index in [1.807, 2.05) is 6.92 Å². The van der Waals surface area contributed by atoms with Crippen LogP contribution in [-0.2, 0) is 4.79 Å². The Morgan fingerprint density at radius 2 is 2.31 bits per heavy atom. The fraction of sp³-hybridized carbons (Fsp3) is 0.500. The molecule has 2 atom stereocenters. The maximum Gasteiger partial charge on any atom is 0.165 e. The van der Waals surface area contributed by atoms with Gasteiger partial charge in [-0.15, -0.1) is 6.58 Å². The van der Waals surface area contributed by atoms with Crippen LogP contribution in [0.2, 0.25) is 0 Å². The Hall–Kier alpha value is -1.09. The lowest BCUT2D eigenvalue weighted by molar-refractivity contribution is -0.119. The van der Waals surface area contributed by atoms with Crippen LogP contribution in [0.1, 0.15) is 19.8 Å². The molecule has 0 aromatic rings. The van der Waals surface area contributed by atoms with Gasteiger partial charge >= 0.3 is 0 Å². The lowest BCUT2D eigenvalue weighted by Crippen LogP contribution is -2.22. The standard InChI is InChI=1S/C10H14O3/c1-6(2)3-4-7-8(11)5-9(12)10(7)13/h5,7,10,12-13H,1,3-4H2,2H3. The van der Waals surface area contributed by atoms with Gasteiger partial charge in [-0.25, -0.2) is 0 Å². The summed E-state index contributed by atoms with van der Waals surface area (Å²) in [6.45, 7) is 5.59. The average Bonchev–Trinajstić information content (AvgIpc) is 2.24. The van der Waals surface area contributed by atoms with Gasteiger partial charge in [-0.2, -0.15) is 0 Å². The zero-order chi connectivity index (χ0) is 10.0. The van der Waals surface area contributed by atoms with E-state index in [0.29, 0.717) is 12.8 Å². The van der Waals surface area contributed by atoms with Crippen LogP contribution in [0.15, 0.2) is 24.0 Å². The van der Waals surface area contributed by atoms with Gasteiger partial charge in [0.1, 0.15) is 11.9 Å². The van der Waals surface area contributed by atoms with Gasteiger partial charge in [-0.3, -0.25) is 4.79 Å². The third-order valence-corrected chi connectivity index (χ3v) is 2.22. The van der Waals surface area contributed by atoms with E-state index >= 15 is 0 Å². The normalized spacial score (nSPS) is 27.5. The summed E-state index contributed by atoms with van der Waals surface area (Å²) in [6.07, 6.45) is 1.35. The maximum absolute atomic E-state index is 11.2. The lowest BCUT2D eigenvalue weighted by Gasteiger charge is -2.13. The second-order valence-corrected chi connectivity index (χ2v) is 3.52. The number of hydrogen-bond acceptors (Lipinski definition) is 3. The van der Waals surface area contributed by atoms with E-state index in [4.69, 9.17) is 5.11 Å². The number of rotatable bonds is 3. The Kier molecular flexibility index (Phi) is 2.88. The van der Waals surface area contributed by atoms with Crippen molar-refractivity contribution in [3.05, 3.63) is 24.0 Å². The van der Waals surface area contributed by atoms with Crippen molar-refractivity contribution in [1.29, 1.82) is 0 Å². The Bertz CT molecular complexity index is 265. The first kappa shape index (κ1) is 9.99. The van der Waals surface area contributed by atoms with Crippen LogP contribution in [0, 0.1) is 5.92 Å². The molecule has 0 aromatic carbocycles. The molecular formula is C10H14O3. The van der Waals surface area contributed by atoms with Gasteiger partial charge in [0.2, 0.25) is 0 Å². The molecule has 13 heavy (non-hydrogen) atoms.